The van der Waals surface area contributed by atoms with Crippen molar-refractivity contribution in [3.05, 3.63) is 22.4 Å². The lowest BCUT2D eigenvalue weighted by atomic mass is 10.1. The zero-order valence-electron chi connectivity index (χ0n) is 11.6. The number of nitrogens with one attached hydrogen (secondary N) is 1. The molecule has 0 bridgehead atoms. The van der Waals surface area contributed by atoms with Gasteiger partial charge in [-0.2, -0.15) is 0 Å². The number of hydrogen-bond donors (Lipinski definition) is 2. The first kappa shape index (κ1) is 17.4. The molecule has 1 aromatic rings. The molecule has 114 valence electrons. The lowest BCUT2D eigenvalue weighted by molar-refractivity contribution is 0.527. The average molecular weight is 367 g/mol. The lowest BCUT2D eigenvalue weighted by Gasteiger charge is -2.15. The number of hydrogen-bond acceptors (Lipinski definition) is 3. The van der Waals surface area contributed by atoms with Crippen molar-refractivity contribution in [2.24, 2.45) is 0 Å². The van der Waals surface area contributed by atoms with E-state index in [2.05, 4.69) is 27.6 Å². The summed E-state index contributed by atoms with van der Waals surface area (Å²) < 4.78 is 40.5. The minimum atomic E-state index is -3.71. The largest absolute Gasteiger partial charge is 0.396 e. The third-order valence-electron chi connectivity index (χ3n) is 2.94. The lowest BCUT2D eigenvalue weighted by Crippen LogP contribution is -2.32. The maximum Gasteiger partial charge on any atom is 0.242 e. The molecule has 1 atom stereocenters. The van der Waals surface area contributed by atoms with E-state index in [1.54, 1.807) is 0 Å². The summed E-state index contributed by atoms with van der Waals surface area (Å²) in [7, 11) is -3.71. The third-order valence-corrected chi connectivity index (χ3v) is 5.49. The molecule has 0 aliphatic rings. The number of nitrogen functional groups attached to an aromatic ring is 1. The Hall–Kier alpha value is -0.660. The molecular formula is C13H20BrFN2O2S. The molecule has 3 N–H and O–H groups in total. The highest BCUT2D eigenvalue weighted by Crippen LogP contribution is 2.27. The van der Waals surface area contributed by atoms with Crippen molar-refractivity contribution in [3.8, 4) is 0 Å². The van der Waals surface area contributed by atoms with E-state index >= 15 is 0 Å². The van der Waals surface area contributed by atoms with Gasteiger partial charge in [-0.15, -0.1) is 0 Å². The van der Waals surface area contributed by atoms with Crippen molar-refractivity contribution in [3.63, 3.8) is 0 Å². The van der Waals surface area contributed by atoms with E-state index in [-0.39, 0.29) is 21.1 Å². The van der Waals surface area contributed by atoms with Gasteiger partial charge in [-0.25, -0.2) is 17.5 Å². The highest BCUT2D eigenvalue weighted by molar-refractivity contribution is 9.10. The molecule has 0 heterocycles. The maximum atomic E-state index is 13.2. The Morgan fingerprint density at radius 1 is 1.40 bits per heavy atom. The van der Waals surface area contributed by atoms with Gasteiger partial charge in [0.15, 0.2) is 0 Å². The monoisotopic (exact) mass is 366 g/mol. The Morgan fingerprint density at radius 2 is 2.05 bits per heavy atom. The van der Waals surface area contributed by atoms with Crippen LogP contribution >= 0.6 is 15.9 Å². The van der Waals surface area contributed by atoms with Crippen LogP contribution in [0.2, 0.25) is 0 Å². The molecule has 4 nitrogen and oxygen atoms in total. The topological polar surface area (TPSA) is 72.2 Å². The molecule has 0 amide bonds. The molecule has 1 rings (SSSR count). The number of benzene rings is 1. The van der Waals surface area contributed by atoms with Gasteiger partial charge in [-0.05, 0) is 41.4 Å². The van der Waals surface area contributed by atoms with Gasteiger partial charge in [0, 0.05) is 10.5 Å². The average Bonchev–Trinajstić information content (AvgIpc) is 2.33. The van der Waals surface area contributed by atoms with Crippen LogP contribution in [0.3, 0.4) is 0 Å². The van der Waals surface area contributed by atoms with Gasteiger partial charge >= 0.3 is 0 Å². The molecule has 1 aromatic carbocycles. The van der Waals surface area contributed by atoms with E-state index in [1.807, 2.05) is 6.92 Å². The van der Waals surface area contributed by atoms with Crippen molar-refractivity contribution in [1.82, 2.24) is 4.72 Å². The zero-order valence-corrected chi connectivity index (χ0v) is 14.0. The fourth-order valence-electron chi connectivity index (χ4n) is 1.84. The molecule has 1 unspecified atom stereocenters. The van der Waals surface area contributed by atoms with Gasteiger partial charge < -0.3 is 5.73 Å². The maximum absolute atomic E-state index is 13.2. The molecule has 0 aliphatic carbocycles. The van der Waals surface area contributed by atoms with Crippen molar-refractivity contribution in [1.29, 1.82) is 0 Å². The number of unbranched alkanes of at least 4 members (excludes halogenated alkanes) is 2. The summed E-state index contributed by atoms with van der Waals surface area (Å²) in [5.41, 5.74) is 5.24. The second kappa shape index (κ2) is 7.38. The Labute approximate surface area is 128 Å². The molecule has 0 saturated heterocycles. The van der Waals surface area contributed by atoms with E-state index in [9.17, 15) is 12.8 Å². The Kier molecular flexibility index (Phi) is 6.42. The summed E-state index contributed by atoms with van der Waals surface area (Å²) in [5.74, 6) is -0.646. The van der Waals surface area contributed by atoms with E-state index in [4.69, 9.17) is 5.73 Å². The van der Waals surface area contributed by atoms with Gasteiger partial charge in [0.05, 0.1) is 10.6 Å². The molecule has 0 saturated carbocycles. The quantitative estimate of drug-likeness (QED) is 0.573. The molecule has 0 aliphatic heterocycles. The second-order valence-corrected chi connectivity index (χ2v) is 7.36. The Bertz CT molecular complexity index is 564. The summed E-state index contributed by atoms with van der Waals surface area (Å²) in [6, 6.07) is 2.01. The van der Waals surface area contributed by atoms with Gasteiger partial charge in [-0.3, -0.25) is 0 Å². The number of halogens is 2. The Morgan fingerprint density at radius 3 is 2.65 bits per heavy atom. The van der Waals surface area contributed by atoms with Crippen molar-refractivity contribution < 1.29 is 12.8 Å². The van der Waals surface area contributed by atoms with E-state index in [1.165, 1.54) is 0 Å². The van der Waals surface area contributed by atoms with Gasteiger partial charge in [-0.1, -0.05) is 26.2 Å². The normalized spacial score (nSPS) is 13.4. The van der Waals surface area contributed by atoms with Crippen molar-refractivity contribution >= 4 is 31.6 Å². The van der Waals surface area contributed by atoms with Crippen LogP contribution in [0.4, 0.5) is 10.1 Å². The Balaban J connectivity index is 2.86. The van der Waals surface area contributed by atoms with Gasteiger partial charge in [0.2, 0.25) is 10.0 Å². The van der Waals surface area contributed by atoms with Gasteiger partial charge in [0.1, 0.15) is 5.82 Å². The summed E-state index contributed by atoms with van der Waals surface area (Å²) in [4.78, 5) is -0.0428. The first-order valence-corrected chi connectivity index (χ1v) is 8.82. The molecule has 0 fully saturated rings. The number of nitrogens with two attached hydrogens (primary N) is 1. The van der Waals surface area contributed by atoms with E-state index in [0.29, 0.717) is 0 Å². The molecule has 7 heteroatoms. The van der Waals surface area contributed by atoms with Crippen molar-refractivity contribution in [2.75, 3.05) is 5.73 Å². The van der Waals surface area contributed by atoms with Crippen LogP contribution in [-0.4, -0.2) is 14.5 Å². The second-order valence-electron chi connectivity index (χ2n) is 4.82. The fourth-order valence-corrected chi connectivity index (χ4v) is 4.17. The van der Waals surface area contributed by atoms with Crippen LogP contribution < -0.4 is 10.5 Å². The standard InChI is InChI=1S/C13H20BrFN2O2S/c1-3-4-5-6-9(2)17-20(18,19)13-8-12(16)11(15)7-10(13)14/h7-9,17H,3-6,16H2,1-2H3. The predicted octanol–water partition coefficient (Wildman–Crippen LogP) is 3.42. The minimum absolute atomic E-state index is 0.0428. The SMILES string of the molecule is CCCCCC(C)NS(=O)(=O)c1cc(N)c(F)cc1Br. The summed E-state index contributed by atoms with van der Waals surface area (Å²) >= 11 is 3.06. The van der Waals surface area contributed by atoms with Crippen LogP contribution in [0, 0.1) is 5.82 Å². The zero-order chi connectivity index (χ0) is 15.3. The number of sulfonamides is 1. The highest BCUT2D eigenvalue weighted by atomic mass is 79.9. The molecule has 0 radical (unpaired) electrons. The first-order valence-electron chi connectivity index (χ1n) is 6.54. The predicted molar refractivity (Wildman–Crippen MR) is 82.4 cm³/mol. The van der Waals surface area contributed by atoms with E-state index < -0.39 is 15.8 Å². The van der Waals surface area contributed by atoms with Crippen LogP contribution in [0.1, 0.15) is 39.5 Å². The third kappa shape index (κ3) is 4.71. The number of rotatable bonds is 7. The summed E-state index contributed by atoms with van der Waals surface area (Å²) in [6.07, 6.45) is 3.88. The van der Waals surface area contributed by atoms with Crippen LogP contribution in [0.5, 0.6) is 0 Å². The highest BCUT2D eigenvalue weighted by Gasteiger charge is 2.21. The molecule has 0 aromatic heterocycles. The molecular weight excluding hydrogens is 347 g/mol. The first-order chi connectivity index (χ1) is 9.27. The molecule has 20 heavy (non-hydrogen) atoms. The molecule has 0 spiro atoms. The summed E-state index contributed by atoms with van der Waals surface area (Å²) in [6.45, 7) is 3.90. The summed E-state index contributed by atoms with van der Waals surface area (Å²) in [5, 5.41) is 0. The van der Waals surface area contributed by atoms with E-state index in [0.717, 1.165) is 37.8 Å². The van der Waals surface area contributed by atoms with Crippen LogP contribution in [0.15, 0.2) is 21.5 Å². The van der Waals surface area contributed by atoms with Crippen LogP contribution in [0.25, 0.3) is 0 Å². The van der Waals surface area contributed by atoms with Crippen molar-refractivity contribution in [2.45, 2.75) is 50.5 Å². The fraction of sp³-hybridized carbons (Fsp3) is 0.538. The minimum Gasteiger partial charge on any atom is -0.396 e. The number of anilines is 1. The van der Waals surface area contributed by atoms with Crippen LogP contribution in [-0.2, 0) is 10.0 Å². The smallest absolute Gasteiger partial charge is 0.242 e. The van der Waals surface area contributed by atoms with Gasteiger partial charge in [0.25, 0.3) is 0 Å².